The highest BCUT2D eigenvalue weighted by Gasteiger charge is 2.21. The number of thioether (sulfide) groups is 1. The molecule has 3 aromatic rings. The van der Waals surface area contributed by atoms with E-state index >= 15 is 0 Å². The first-order valence-electron chi connectivity index (χ1n) is 8.94. The van der Waals surface area contributed by atoms with Crippen molar-refractivity contribution in [2.45, 2.75) is 44.1 Å². The number of rotatable bonds is 6. The van der Waals surface area contributed by atoms with E-state index in [9.17, 15) is 9.18 Å². The molecule has 0 aliphatic heterocycles. The van der Waals surface area contributed by atoms with Gasteiger partial charge in [0.1, 0.15) is 5.82 Å². The molecule has 8 heteroatoms. The summed E-state index contributed by atoms with van der Waals surface area (Å²) in [4.78, 5) is 12.6. The molecule has 28 heavy (non-hydrogen) atoms. The van der Waals surface area contributed by atoms with Gasteiger partial charge in [-0.05, 0) is 73.0 Å². The fourth-order valence-corrected chi connectivity index (χ4v) is 3.56. The van der Waals surface area contributed by atoms with E-state index in [2.05, 4.69) is 20.8 Å². The number of carbonyl (C=O) groups excluding carboxylic acids is 1. The number of tetrazole rings is 1. The molecule has 0 aliphatic carbocycles. The van der Waals surface area contributed by atoms with Crippen LogP contribution in [0.5, 0.6) is 0 Å². The molecule has 0 saturated carbocycles. The summed E-state index contributed by atoms with van der Waals surface area (Å²) in [6, 6.07) is 11.8. The van der Waals surface area contributed by atoms with Crippen molar-refractivity contribution in [1.82, 2.24) is 25.5 Å². The molecule has 1 aromatic heterocycles. The Kier molecular flexibility index (Phi) is 6.08. The van der Waals surface area contributed by atoms with Crippen molar-refractivity contribution < 1.29 is 9.18 Å². The molecule has 0 bridgehead atoms. The lowest BCUT2D eigenvalue weighted by Gasteiger charge is -2.17. The van der Waals surface area contributed by atoms with Crippen LogP contribution in [0.3, 0.4) is 0 Å². The van der Waals surface area contributed by atoms with E-state index < -0.39 is 5.25 Å². The molecule has 1 heterocycles. The second kappa shape index (κ2) is 8.52. The van der Waals surface area contributed by atoms with E-state index in [-0.39, 0.29) is 17.8 Å². The summed E-state index contributed by atoms with van der Waals surface area (Å²) >= 11 is 1.29. The summed E-state index contributed by atoms with van der Waals surface area (Å²) in [6.45, 7) is 7.71. The van der Waals surface area contributed by atoms with Gasteiger partial charge in [0.15, 0.2) is 0 Å². The van der Waals surface area contributed by atoms with Crippen molar-refractivity contribution >= 4 is 17.7 Å². The van der Waals surface area contributed by atoms with E-state index in [1.165, 1.54) is 23.9 Å². The van der Waals surface area contributed by atoms with E-state index in [0.717, 1.165) is 22.4 Å². The van der Waals surface area contributed by atoms with Crippen molar-refractivity contribution in [1.29, 1.82) is 0 Å². The van der Waals surface area contributed by atoms with Crippen LogP contribution >= 0.6 is 11.8 Å². The van der Waals surface area contributed by atoms with Crippen molar-refractivity contribution in [3.8, 4) is 5.69 Å². The Balaban J connectivity index is 1.70. The molecule has 3 rings (SSSR count). The monoisotopic (exact) mass is 399 g/mol. The van der Waals surface area contributed by atoms with Crippen molar-refractivity contribution in [2.24, 2.45) is 0 Å². The molecule has 1 N–H and O–H groups in total. The summed E-state index contributed by atoms with van der Waals surface area (Å²) in [6.07, 6.45) is 0. The average molecular weight is 399 g/mol. The highest BCUT2D eigenvalue weighted by atomic mass is 32.2. The van der Waals surface area contributed by atoms with Gasteiger partial charge in [-0.3, -0.25) is 4.79 Å². The van der Waals surface area contributed by atoms with Gasteiger partial charge in [-0.2, -0.15) is 4.68 Å². The Labute approximate surface area is 167 Å². The summed E-state index contributed by atoms with van der Waals surface area (Å²) in [5.74, 6) is -0.443. The topological polar surface area (TPSA) is 72.7 Å². The van der Waals surface area contributed by atoms with Crippen LogP contribution in [0.4, 0.5) is 4.39 Å². The first-order chi connectivity index (χ1) is 13.4. The molecule has 0 saturated heterocycles. The van der Waals surface area contributed by atoms with Gasteiger partial charge >= 0.3 is 0 Å². The second-order valence-corrected chi connectivity index (χ2v) is 7.94. The van der Waals surface area contributed by atoms with Gasteiger partial charge in [0.05, 0.1) is 17.0 Å². The lowest BCUT2D eigenvalue weighted by Crippen LogP contribution is -2.33. The van der Waals surface area contributed by atoms with Crippen LogP contribution < -0.4 is 5.32 Å². The Bertz CT molecular complexity index is 973. The van der Waals surface area contributed by atoms with Crippen molar-refractivity contribution in [2.75, 3.05) is 0 Å². The van der Waals surface area contributed by atoms with E-state index in [4.69, 9.17) is 0 Å². The van der Waals surface area contributed by atoms with Crippen LogP contribution in [0.2, 0.25) is 0 Å². The van der Waals surface area contributed by atoms with Gasteiger partial charge in [0.25, 0.3) is 0 Å². The molecule has 146 valence electrons. The standard InChI is InChI=1S/C20H22FN5OS/c1-12-6-5-7-18(13(12)2)26-20(23-24-25-26)28-15(4)19(27)22-14(3)16-8-10-17(21)11-9-16/h5-11,14-15H,1-4H3,(H,22,27). The van der Waals surface area contributed by atoms with Crippen LogP contribution in [0.15, 0.2) is 47.6 Å². The molecular weight excluding hydrogens is 377 g/mol. The third-order valence-electron chi connectivity index (χ3n) is 4.63. The van der Waals surface area contributed by atoms with Crippen LogP contribution in [0, 0.1) is 19.7 Å². The highest BCUT2D eigenvalue weighted by molar-refractivity contribution is 8.00. The number of carbonyl (C=O) groups is 1. The van der Waals surface area contributed by atoms with Gasteiger partial charge in [0.2, 0.25) is 11.1 Å². The van der Waals surface area contributed by atoms with Crippen LogP contribution in [-0.4, -0.2) is 31.4 Å². The Morgan fingerprint density at radius 3 is 2.57 bits per heavy atom. The lowest BCUT2D eigenvalue weighted by molar-refractivity contribution is -0.120. The van der Waals surface area contributed by atoms with Gasteiger partial charge in [-0.1, -0.05) is 36.0 Å². The number of amides is 1. The minimum Gasteiger partial charge on any atom is -0.349 e. The minimum absolute atomic E-state index is 0.141. The molecule has 6 nitrogen and oxygen atoms in total. The highest BCUT2D eigenvalue weighted by Crippen LogP contribution is 2.26. The number of aryl methyl sites for hydroxylation is 1. The fourth-order valence-electron chi connectivity index (χ4n) is 2.75. The molecule has 2 atom stereocenters. The van der Waals surface area contributed by atoms with E-state index in [1.807, 2.05) is 39.0 Å². The average Bonchev–Trinajstić information content (AvgIpc) is 3.12. The zero-order chi connectivity index (χ0) is 20.3. The third kappa shape index (κ3) is 4.39. The first kappa shape index (κ1) is 20.0. The maximum atomic E-state index is 13.1. The SMILES string of the molecule is Cc1cccc(-n2nnnc2SC(C)C(=O)NC(C)c2ccc(F)cc2)c1C. The van der Waals surface area contributed by atoms with Gasteiger partial charge in [-0.15, -0.1) is 5.10 Å². The predicted octanol–water partition coefficient (Wildman–Crippen LogP) is 3.78. The zero-order valence-corrected chi connectivity index (χ0v) is 17.0. The number of nitrogens with zero attached hydrogens (tertiary/aromatic N) is 4. The summed E-state index contributed by atoms with van der Waals surface area (Å²) in [7, 11) is 0. The Morgan fingerprint density at radius 1 is 1.14 bits per heavy atom. The second-order valence-electron chi connectivity index (χ2n) is 6.63. The molecule has 1 amide bonds. The third-order valence-corrected chi connectivity index (χ3v) is 5.66. The number of halogens is 1. The van der Waals surface area contributed by atoms with Crippen LogP contribution in [-0.2, 0) is 4.79 Å². The normalized spacial score (nSPS) is 13.2. The molecule has 2 unspecified atom stereocenters. The fraction of sp³-hybridized carbons (Fsp3) is 0.300. The van der Waals surface area contributed by atoms with Crippen molar-refractivity contribution in [3.63, 3.8) is 0 Å². The molecule has 0 aliphatic rings. The number of benzene rings is 2. The van der Waals surface area contributed by atoms with Crippen molar-refractivity contribution in [3.05, 3.63) is 65.0 Å². The molecule has 0 fully saturated rings. The summed E-state index contributed by atoms with van der Waals surface area (Å²) < 4.78 is 14.7. The first-order valence-corrected chi connectivity index (χ1v) is 9.82. The maximum absolute atomic E-state index is 13.1. The number of aromatic nitrogens is 4. The van der Waals surface area contributed by atoms with Crippen LogP contribution in [0.1, 0.15) is 36.6 Å². The van der Waals surface area contributed by atoms with E-state index in [0.29, 0.717) is 5.16 Å². The molecular formula is C20H22FN5OS. The number of hydrogen-bond acceptors (Lipinski definition) is 5. The molecule has 0 radical (unpaired) electrons. The summed E-state index contributed by atoms with van der Waals surface area (Å²) in [5, 5.41) is 15.0. The summed E-state index contributed by atoms with van der Waals surface area (Å²) in [5.41, 5.74) is 3.95. The molecule has 2 aromatic carbocycles. The minimum atomic E-state index is -0.405. The smallest absolute Gasteiger partial charge is 0.233 e. The Hall–Kier alpha value is -2.74. The largest absolute Gasteiger partial charge is 0.349 e. The maximum Gasteiger partial charge on any atom is 0.233 e. The zero-order valence-electron chi connectivity index (χ0n) is 16.2. The predicted molar refractivity (Wildman–Crippen MR) is 107 cm³/mol. The van der Waals surface area contributed by atoms with Gasteiger partial charge in [0, 0.05) is 0 Å². The lowest BCUT2D eigenvalue weighted by atomic mass is 10.1. The number of hydrogen-bond donors (Lipinski definition) is 1. The van der Waals surface area contributed by atoms with Gasteiger partial charge < -0.3 is 5.32 Å². The van der Waals surface area contributed by atoms with Gasteiger partial charge in [-0.25, -0.2) is 4.39 Å². The Morgan fingerprint density at radius 2 is 1.86 bits per heavy atom. The number of nitrogens with one attached hydrogen (secondary N) is 1. The molecule has 0 spiro atoms. The quantitative estimate of drug-likeness (QED) is 0.639. The van der Waals surface area contributed by atoms with E-state index in [1.54, 1.807) is 23.7 Å². The van der Waals surface area contributed by atoms with Crippen LogP contribution in [0.25, 0.3) is 5.69 Å².